The van der Waals surface area contributed by atoms with E-state index in [9.17, 15) is 0 Å². The third-order valence-electron chi connectivity index (χ3n) is 2.44. The number of nitrogens with zero attached hydrogens (tertiary/aromatic N) is 2. The van der Waals surface area contributed by atoms with Crippen molar-refractivity contribution < 1.29 is 4.42 Å². The van der Waals surface area contributed by atoms with Gasteiger partial charge in [0.05, 0.1) is 0 Å². The SMILES string of the molecule is Nc1nccnc1-c1cc2cc(Cl)ccc2o1. The Kier molecular flexibility index (Phi) is 2.23. The summed E-state index contributed by atoms with van der Waals surface area (Å²) in [6.45, 7) is 0. The summed E-state index contributed by atoms with van der Waals surface area (Å²) in [6, 6.07) is 7.27. The summed E-state index contributed by atoms with van der Waals surface area (Å²) in [4.78, 5) is 8.12. The highest BCUT2D eigenvalue weighted by Gasteiger charge is 2.11. The lowest BCUT2D eigenvalue weighted by Crippen LogP contribution is -1.94. The number of anilines is 1. The van der Waals surface area contributed by atoms with Crippen LogP contribution in [0.4, 0.5) is 5.82 Å². The fraction of sp³-hybridized carbons (Fsp3) is 0. The highest BCUT2D eigenvalue weighted by atomic mass is 35.5. The summed E-state index contributed by atoms with van der Waals surface area (Å²) in [5.74, 6) is 0.936. The van der Waals surface area contributed by atoms with Gasteiger partial charge in [0.2, 0.25) is 0 Å². The van der Waals surface area contributed by atoms with E-state index in [-0.39, 0.29) is 0 Å². The van der Waals surface area contributed by atoms with Crippen LogP contribution in [-0.4, -0.2) is 9.97 Å². The molecule has 2 N–H and O–H groups in total. The molecule has 84 valence electrons. The first-order valence-corrected chi connectivity index (χ1v) is 5.38. The average Bonchev–Trinajstić information content (AvgIpc) is 2.72. The molecule has 17 heavy (non-hydrogen) atoms. The Balaban J connectivity index is 2.22. The van der Waals surface area contributed by atoms with Crippen LogP contribution >= 0.6 is 11.6 Å². The largest absolute Gasteiger partial charge is 0.454 e. The molecule has 0 saturated carbocycles. The first-order chi connectivity index (χ1) is 8.24. The van der Waals surface area contributed by atoms with Gasteiger partial charge in [0.15, 0.2) is 11.6 Å². The fourth-order valence-electron chi connectivity index (χ4n) is 1.67. The van der Waals surface area contributed by atoms with Crippen molar-refractivity contribution >= 4 is 28.4 Å². The van der Waals surface area contributed by atoms with E-state index in [1.807, 2.05) is 18.2 Å². The highest BCUT2D eigenvalue weighted by Crippen LogP contribution is 2.30. The molecule has 0 spiro atoms. The van der Waals surface area contributed by atoms with Crippen molar-refractivity contribution in [3.8, 4) is 11.5 Å². The minimum absolute atomic E-state index is 0.345. The second kappa shape index (κ2) is 3.75. The third kappa shape index (κ3) is 1.72. The predicted octanol–water partition coefficient (Wildman–Crippen LogP) is 3.13. The van der Waals surface area contributed by atoms with Gasteiger partial charge in [-0.3, -0.25) is 0 Å². The molecular formula is C12H8ClN3O. The molecule has 0 bridgehead atoms. The van der Waals surface area contributed by atoms with E-state index in [4.69, 9.17) is 21.8 Å². The van der Waals surface area contributed by atoms with Gasteiger partial charge >= 0.3 is 0 Å². The Bertz CT molecular complexity index is 693. The van der Waals surface area contributed by atoms with E-state index in [2.05, 4.69) is 9.97 Å². The normalized spacial score (nSPS) is 10.9. The standard InChI is InChI=1S/C12H8ClN3O/c13-8-1-2-9-7(5-8)6-10(17-9)11-12(14)16-4-3-15-11/h1-6H,(H2,14,16). The molecule has 0 fully saturated rings. The van der Waals surface area contributed by atoms with Crippen LogP contribution in [-0.2, 0) is 0 Å². The Morgan fingerprint density at radius 3 is 2.76 bits per heavy atom. The zero-order chi connectivity index (χ0) is 11.8. The minimum Gasteiger partial charge on any atom is -0.454 e. The van der Waals surface area contributed by atoms with Crippen molar-refractivity contribution in [2.45, 2.75) is 0 Å². The van der Waals surface area contributed by atoms with Crippen molar-refractivity contribution in [1.29, 1.82) is 0 Å². The van der Waals surface area contributed by atoms with Gasteiger partial charge < -0.3 is 10.2 Å². The van der Waals surface area contributed by atoms with Gasteiger partial charge in [-0.1, -0.05) is 11.6 Å². The zero-order valence-electron chi connectivity index (χ0n) is 8.72. The number of halogens is 1. The van der Waals surface area contributed by atoms with Gasteiger partial charge in [-0.05, 0) is 24.3 Å². The highest BCUT2D eigenvalue weighted by molar-refractivity contribution is 6.31. The molecule has 1 aromatic carbocycles. The van der Waals surface area contributed by atoms with Crippen LogP contribution in [0, 0.1) is 0 Å². The van der Waals surface area contributed by atoms with Gasteiger partial charge in [-0.25, -0.2) is 9.97 Å². The molecule has 5 heteroatoms. The predicted molar refractivity (Wildman–Crippen MR) is 66.7 cm³/mol. The van der Waals surface area contributed by atoms with E-state index in [0.29, 0.717) is 22.3 Å². The number of benzene rings is 1. The van der Waals surface area contributed by atoms with Crippen LogP contribution in [0.2, 0.25) is 5.02 Å². The second-order valence-electron chi connectivity index (χ2n) is 3.58. The molecule has 2 heterocycles. The lowest BCUT2D eigenvalue weighted by Gasteiger charge is -1.97. The van der Waals surface area contributed by atoms with Crippen LogP contribution in [0.25, 0.3) is 22.4 Å². The molecule has 4 nitrogen and oxygen atoms in total. The topological polar surface area (TPSA) is 64.9 Å². The molecule has 0 aliphatic heterocycles. The third-order valence-corrected chi connectivity index (χ3v) is 2.67. The van der Waals surface area contributed by atoms with Gasteiger partial charge in [0, 0.05) is 22.8 Å². The zero-order valence-corrected chi connectivity index (χ0v) is 9.48. The maximum absolute atomic E-state index is 5.91. The number of hydrogen-bond donors (Lipinski definition) is 1. The van der Waals surface area contributed by atoms with E-state index >= 15 is 0 Å². The Hall–Kier alpha value is -2.07. The van der Waals surface area contributed by atoms with Crippen molar-refractivity contribution in [3.05, 3.63) is 41.7 Å². The monoisotopic (exact) mass is 245 g/mol. The van der Waals surface area contributed by atoms with Crippen LogP contribution < -0.4 is 5.73 Å². The molecule has 0 aliphatic carbocycles. The average molecular weight is 246 g/mol. The van der Waals surface area contributed by atoms with Gasteiger partial charge in [-0.2, -0.15) is 0 Å². The number of fused-ring (bicyclic) bond motifs is 1. The summed E-state index contributed by atoms with van der Waals surface area (Å²) >= 11 is 5.91. The van der Waals surface area contributed by atoms with Crippen molar-refractivity contribution in [2.75, 3.05) is 5.73 Å². The quantitative estimate of drug-likeness (QED) is 0.715. The van der Waals surface area contributed by atoms with Crippen LogP contribution in [0.1, 0.15) is 0 Å². The van der Waals surface area contributed by atoms with Crippen molar-refractivity contribution in [2.24, 2.45) is 0 Å². The van der Waals surface area contributed by atoms with Crippen molar-refractivity contribution in [3.63, 3.8) is 0 Å². The Morgan fingerprint density at radius 1 is 1.12 bits per heavy atom. The Labute approximate surface area is 102 Å². The van der Waals surface area contributed by atoms with Crippen LogP contribution in [0.3, 0.4) is 0 Å². The molecule has 0 aliphatic rings. The summed E-state index contributed by atoms with van der Waals surface area (Å²) < 4.78 is 5.65. The molecule has 0 unspecified atom stereocenters. The molecule has 3 aromatic rings. The van der Waals surface area contributed by atoms with Gasteiger partial charge in [0.1, 0.15) is 11.3 Å². The summed E-state index contributed by atoms with van der Waals surface area (Å²) in [6.07, 6.45) is 3.12. The lowest BCUT2D eigenvalue weighted by molar-refractivity contribution is 0.628. The number of aromatic nitrogens is 2. The lowest BCUT2D eigenvalue weighted by atomic mass is 10.2. The number of hydrogen-bond acceptors (Lipinski definition) is 4. The van der Waals surface area contributed by atoms with Crippen molar-refractivity contribution in [1.82, 2.24) is 9.97 Å². The number of nitrogen functional groups attached to an aromatic ring is 1. The molecule has 0 radical (unpaired) electrons. The summed E-state index contributed by atoms with van der Waals surface area (Å²) in [5.41, 5.74) is 7.03. The Morgan fingerprint density at radius 2 is 1.94 bits per heavy atom. The van der Waals surface area contributed by atoms with E-state index in [0.717, 1.165) is 11.0 Å². The summed E-state index contributed by atoms with van der Waals surface area (Å²) in [5, 5.41) is 1.58. The van der Waals surface area contributed by atoms with Gasteiger partial charge in [0.25, 0.3) is 0 Å². The number of rotatable bonds is 1. The maximum atomic E-state index is 5.91. The maximum Gasteiger partial charge on any atom is 0.157 e. The second-order valence-corrected chi connectivity index (χ2v) is 4.02. The van der Waals surface area contributed by atoms with Crippen LogP contribution in [0.5, 0.6) is 0 Å². The fourth-order valence-corrected chi connectivity index (χ4v) is 1.85. The molecular weight excluding hydrogens is 238 g/mol. The molecule has 0 amide bonds. The molecule has 0 saturated heterocycles. The van der Waals surface area contributed by atoms with E-state index in [1.165, 1.54) is 0 Å². The number of nitrogens with two attached hydrogens (primary N) is 1. The van der Waals surface area contributed by atoms with Crippen LogP contribution in [0.15, 0.2) is 41.1 Å². The van der Waals surface area contributed by atoms with E-state index in [1.54, 1.807) is 18.5 Å². The summed E-state index contributed by atoms with van der Waals surface area (Å²) in [7, 11) is 0. The molecule has 0 atom stereocenters. The first kappa shape index (κ1) is 10.1. The minimum atomic E-state index is 0.345. The smallest absolute Gasteiger partial charge is 0.157 e. The first-order valence-electron chi connectivity index (χ1n) is 5.00. The van der Waals surface area contributed by atoms with E-state index < -0.39 is 0 Å². The van der Waals surface area contributed by atoms with Gasteiger partial charge in [-0.15, -0.1) is 0 Å². The molecule has 3 rings (SSSR count). The number of furan rings is 1. The molecule has 2 aromatic heterocycles.